The third-order valence-corrected chi connectivity index (χ3v) is 6.49. The van der Waals surface area contributed by atoms with Crippen LogP contribution in [0.5, 0.6) is 0 Å². The molecule has 3 aliphatic rings. The SMILES string of the molecule is O=C1CCN(c2ccc(N3CCN(C4CCC(CO)CC4)CC3)cc2)C(=O)N1. The predicted octanol–water partition coefficient (Wildman–Crippen LogP) is 1.81. The first-order valence-corrected chi connectivity index (χ1v) is 10.5. The zero-order chi connectivity index (χ0) is 19.5. The molecule has 2 aliphatic heterocycles. The summed E-state index contributed by atoms with van der Waals surface area (Å²) < 4.78 is 0. The minimum atomic E-state index is -0.339. The van der Waals surface area contributed by atoms with E-state index in [0.29, 0.717) is 31.5 Å². The second-order valence-corrected chi connectivity index (χ2v) is 8.15. The summed E-state index contributed by atoms with van der Waals surface area (Å²) in [7, 11) is 0. The van der Waals surface area contributed by atoms with E-state index in [-0.39, 0.29) is 11.9 Å². The first-order chi connectivity index (χ1) is 13.6. The summed E-state index contributed by atoms with van der Waals surface area (Å²) in [5.74, 6) is 0.303. The van der Waals surface area contributed by atoms with E-state index >= 15 is 0 Å². The van der Waals surface area contributed by atoms with Crippen molar-refractivity contribution in [2.75, 3.05) is 49.1 Å². The molecule has 0 radical (unpaired) electrons. The molecule has 152 valence electrons. The third kappa shape index (κ3) is 4.15. The fourth-order valence-corrected chi connectivity index (χ4v) is 4.69. The second kappa shape index (κ2) is 8.49. The molecular formula is C21H30N4O3. The van der Waals surface area contributed by atoms with Crippen molar-refractivity contribution in [1.29, 1.82) is 0 Å². The van der Waals surface area contributed by atoms with Crippen LogP contribution in [0.2, 0.25) is 0 Å². The van der Waals surface area contributed by atoms with E-state index in [9.17, 15) is 14.7 Å². The summed E-state index contributed by atoms with van der Waals surface area (Å²) >= 11 is 0. The van der Waals surface area contributed by atoms with Gasteiger partial charge in [0, 0.05) is 63.2 Å². The highest BCUT2D eigenvalue weighted by molar-refractivity contribution is 6.05. The van der Waals surface area contributed by atoms with Crippen LogP contribution in [0.1, 0.15) is 32.1 Å². The molecule has 0 aromatic heterocycles. The fourth-order valence-electron chi connectivity index (χ4n) is 4.69. The number of rotatable bonds is 4. The van der Waals surface area contributed by atoms with Crippen molar-refractivity contribution in [1.82, 2.24) is 10.2 Å². The average molecular weight is 386 g/mol. The van der Waals surface area contributed by atoms with E-state index in [2.05, 4.69) is 27.2 Å². The molecule has 3 amide bonds. The number of amides is 3. The van der Waals surface area contributed by atoms with Crippen LogP contribution in [0.4, 0.5) is 16.2 Å². The third-order valence-electron chi connectivity index (χ3n) is 6.49. The van der Waals surface area contributed by atoms with Crippen molar-refractivity contribution in [2.45, 2.75) is 38.1 Å². The lowest BCUT2D eigenvalue weighted by Gasteiger charge is -2.42. The fraction of sp³-hybridized carbons (Fsp3) is 0.619. The van der Waals surface area contributed by atoms with Gasteiger partial charge in [-0.3, -0.25) is 19.9 Å². The number of hydrogen-bond acceptors (Lipinski definition) is 5. The Balaban J connectivity index is 1.30. The average Bonchev–Trinajstić information content (AvgIpc) is 2.74. The van der Waals surface area contributed by atoms with Crippen molar-refractivity contribution in [3.05, 3.63) is 24.3 Å². The number of hydrogen-bond donors (Lipinski definition) is 2. The summed E-state index contributed by atoms with van der Waals surface area (Å²) in [4.78, 5) is 29.9. The highest BCUT2D eigenvalue weighted by atomic mass is 16.3. The number of benzene rings is 1. The van der Waals surface area contributed by atoms with Gasteiger partial charge in [-0.05, 0) is 55.9 Å². The van der Waals surface area contributed by atoms with Crippen LogP contribution in [-0.2, 0) is 4.79 Å². The Kier molecular flexibility index (Phi) is 5.82. The zero-order valence-corrected chi connectivity index (χ0v) is 16.3. The molecule has 0 unspecified atom stereocenters. The molecule has 2 N–H and O–H groups in total. The monoisotopic (exact) mass is 386 g/mol. The molecule has 7 heteroatoms. The molecule has 1 saturated carbocycles. The first kappa shape index (κ1) is 19.2. The van der Waals surface area contributed by atoms with Gasteiger partial charge >= 0.3 is 6.03 Å². The van der Waals surface area contributed by atoms with Gasteiger partial charge in [-0.2, -0.15) is 0 Å². The molecule has 3 fully saturated rings. The number of nitrogens with one attached hydrogen (secondary N) is 1. The normalized spacial score (nSPS) is 27.0. The minimum Gasteiger partial charge on any atom is -0.396 e. The van der Waals surface area contributed by atoms with Crippen molar-refractivity contribution in [2.24, 2.45) is 5.92 Å². The number of carbonyl (C=O) groups excluding carboxylic acids is 2. The number of aliphatic hydroxyl groups excluding tert-OH is 1. The van der Waals surface area contributed by atoms with Crippen LogP contribution < -0.4 is 15.1 Å². The van der Waals surface area contributed by atoms with Crippen molar-refractivity contribution in [3.8, 4) is 0 Å². The first-order valence-electron chi connectivity index (χ1n) is 10.5. The van der Waals surface area contributed by atoms with E-state index in [4.69, 9.17) is 0 Å². The quantitative estimate of drug-likeness (QED) is 0.825. The van der Waals surface area contributed by atoms with E-state index in [0.717, 1.165) is 44.7 Å². The summed E-state index contributed by atoms with van der Waals surface area (Å²) in [6, 6.07) is 8.41. The van der Waals surface area contributed by atoms with Crippen LogP contribution in [0, 0.1) is 5.92 Å². The van der Waals surface area contributed by atoms with Crippen molar-refractivity contribution in [3.63, 3.8) is 0 Å². The Morgan fingerprint density at radius 3 is 2.14 bits per heavy atom. The molecular weight excluding hydrogens is 356 g/mol. The molecule has 1 aromatic carbocycles. The smallest absolute Gasteiger partial charge is 0.328 e. The number of piperazine rings is 1. The van der Waals surface area contributed by atoms with Crippen LogP contribution in [0.25, 0.3) is 0 Å². The topological polar surface area (TPSA) is 76.1 Å². The van der Waals surface area contributed by atoms with Gasteiger partial charge < -0.3 is 10.0 Å². The Hall–Kier alpha value is -2.12. The predicted molar refractivity (Wildman–Crippen MR) is 109 cm³/mol. The van der Waals surface area contributed by atoms with Gasteiger partial charge in [-0.25, -0.2) is 4.79 Å². The molecule has 4 rings (SSSR count). The van der Waals surface area contributed by atoms with E-state index < -0.39 is 0 Å². The summed E-state index contributed by atoms with van der Waals surface area (Å²) in [6.07, 6.45) is 5.06. The van der Waals surface area contributed by atoms with Crippen molar-refractivity contribution >= 4 is 23.3 Å². The van der Waals surface area contributed by atoms with Gasteiger partial charge in [0.2, 0.25) is 5.91 Å². The molecule has 2 saturated heterocycles. The molecule has 0 spiro atoms. The molecule has 28 heavy (non-hydrogen) atoms. The van der Waals surface area contributed by atoms with E-state index in [1.807, 2.05) is 12.1 Å². The van der Waals surface area contributed by atoms with Crippen LogP contribution >= 0.6 is 0 Å². The van der Waals surface area contributed by atoms with E-state index in [1.54, 1.807) is 4.90 Å². The number of imide groups is 1. The van der Waals surface area contributed by atoms with Gasteiger partial charge in [0.1, 0.15) is 0 Å². The van der Waals surface area contributed by atoms with E-state index in [1.165, 1.54) is 18.5 Å². The minimum absolute atomic E-state index is 0.208. The van der Waals surface area contributed by atoms with Gasteiger partial charge in [0.15, 0.2) is 0 Å². The molecule has 1 aromatic rings. The summed E-state index contributed by atoms with van der Waals surface area (Å²) in [5, 5.41) is 11.7. The number of urea groups is 1. The Bertz CT molecular complexity index is 692. The van der Waals surface area contributed by atoms with Crippen LogP contribution in [-0.4, -0.2) is 67.3 Å². The van der Waals surface area contributed by atoms with Gasteiger partial charge in [-0.15, -0.1) is 0 Å². The molecule has 1 aliphatic carbocycles. The van der Waals surface area contributed by atoms with Gasteiger partial charge in [-0.1, -0.05) is 0 Å². The van der Waals surface area contributed by atoms with Crippen LogP contribution in [0.3, 0.4) is 0 Å². The standard InChI is InChI=1S/C21H30N4O3/c26-15-16-1-3-17(4-2-16)23-11-13-24(14-12-23)18-5-7-19(8-6-18)25-10-9-20(27)22-21(25)28/h5-8,16-17,26H,1-4,9-15H2,(H,22,27,28). The Morgan fingerprint density at radius 2 is 1.54 bits per heavy atom. The summed E-state index contributed by atoms with van der Waals surface area (Å²) in [5.41, 5.74) is 2.01. The molecule has 7 nitrogen and oxygen atoms in total. The lowest BCUT2D eigenvalue weighted by molar-refractivity contribution is -0.120. The van der Waals surface area contributed by atoms with Crippen LogP contribution in [0.15, 0.2) is 24.3 Å². The maximum Gasteiger partial charge on any atom is 0.328 e. The van der Waals surface area contributed by atoms with Crippen molar-refractivity contribution < 1.29 is 14.7 Å². The lowest BCUT2D eigenvalue weighted by Crippen LogP contribution is -2.51. The van der Waals surface area contributed by atoms with Gasteiger partial charge in [0.25, 0.3) is 0 Å². The number of carbonyl (C=O) groups is 2. The summed E-state index contributed by atoms with van der Waals surface area (Å²) in [6.45, 7) is 4.95. The Morgan fingerprint density at radius 1 is 0.893 bits per heavy atom. The zero-order valence-electron chi connectivity index (χ0n) is 16.3. The maximum absolute atomic E-state index is 12.0. The molecule has 0 atom stereocenters. The second-order valence-electron chi connectivity index (χ2n) is 8.15. The lowest BCUT2D eigenvalue weighted by atomic mass is 9.85. The molecule has 0 bridgehead atoms. The Labute approximate surface area is 166 Å². The number of nitrogens with zero attached hydrogens (tertiary/aromatic N) is 3. The molecule has 2 heterocycles. The highest BCUT2D eigenvalue weighted by Crippen LogP contribution is 2.29. The number of aliphatic hydroxyl groups is 1. The van der Waals surface area contributed by atoms with Gasteiger partial charge in [0.05, 0.1) is 0 Å². The number of anilines is 2. The maximum atomic E-state index is 12.0. The largest absolute Gasteiger partial charge is 0.396 e. The highest BCUT2D eigenvalue weighted by Gasteiger charge is 2.28.